The summed E-state index contributed by atoms with van der Waals surface area (Å²) in [4.78, 5) is 7.08. The molecular weight excluding hydrogens is 224 g/mol. The van der Waals surface area contributed by atoms with E-state index in [1.54, 1.807) is 0 Å². The summed E-state index contributed by atoms with van der Waals surface area (Å²) in [5.74, 6) is 0. The van der Waals surface area contributed by atoms with Crippen LogP contribution in [0.5, 0.6) is 0 Å². The Morgan fingerprint density at radius 3 is 1.56 bits per heavy atom. The molecule has 0 aromatic heterocycles. The summed E-state index contributed by atoms with van der Waals surface area (Å²) in [5, 5.41) is 3.34. The molecule has 4 nitrogen and oxygen atoms in total. The Labute approximate surface area is 114 Å². The molecule has 2 aliphatic rings. The molecule has 0 amide bonds. The fourth-order valence-corrected chi connectivity index (χ4v) is 1.89. The van der Waals surface area contributed by atoms with Crippen LogP contribution in [0.3, 0.4) is 0 Å². The van der Waals surface area contributed by atoms with Crippen molar-refractivity contribution in [3.05, 3.63) is 0 Å². The average Bonchev–Trinajstić information content (AvgIpc) is 2.64. The molecule has 2 saturated heterocycles. The van der Waals surface area contributed by atoms with Gasteiger partial charge in [-0.25, -0.2) is 0 Å². The molecule has 0 unspecified atom stereocenters. The highest BCUT2D eigenvalue weighted by molar-refractivity contribution is 4.64. The van der Waals surface area contributed by atoms with Crippen LogP contribution in [0, 0.1) is 0 Å². The minimum absolute atomic E-state index is 1.16. The van der Waals surface area contributed by atoms with Crippen molar-refractivity contribution >= 4 is 0 Å². The van der Waals surface area contributed by atoms with Crippen LogP contribution in [-0.4, -0.2) is 88.2 Å². The van der Waals surface area contributed by atoms with Gasteiger partial charge in [0, 0.05) is 39.3 Å². The smallest absolute Gasteiger partial charge is 0.0107 e. The largest absolute Gasteiger partial charge is 0.315 e. The normalized spacial score (nSPS) is 23.2. The van der Waals surface area contributed by atoms with E-state index in [1.807, 2.05) is 13.8 Å². The number of piperazine rings is 1. The molecule has 2 fully saturated rings. The lowest BCUT2D eigenvalue weighted by atomic mass is 10.4. The third-order valence-electron chi connectivity index (χ3n) is 3.29. The van der Waals surface area contributed by atoms with Crippen LogP contribution in [0.15, 0.2) is 0 Å². The Hall–Kier alpha value is -0.160. The molecule has 1 N–H and O–H groups in total. The zero-order valence-electron chi connectivity index (χ0n) is 13.2. The quantitative estimate of drug-likeness (QED) is 0.694. The molecular formula is C14H34N4. The van der Waals surface area contributed by atoms with Crippen LogP contribution in [0.1, 0.15) is 20.3 Å². The number of likely N-dealkylation sites (N-methyl/N-ethyl adjacent to an activating group) is 3. The summed E-state index contributed by atoms with van der Waals surface area (Å²) in [6.45, 7) is 13.8. The molecule has 0 radical (unpaired) electrons. The van der Waals surface area contributed by atoms with Gasteiger partial charge in [0.15, 0.2) is 0 Å². The van der Waals surface area contributed by atoms with E-state index in [-0.39, 0.29) is 0 Å². The highest BCUT2D eigenvalue weighted by atomic mass is 15.2. The van der Waals surface area contributed by atoms with Gasteiger partial charge >= 0.3 is 0 Å². The first-order chi connectivity index (χ1) is 8.68. The zero-order valence-corrected chi connectivity index (χ0v) is 13.2. The Morgan fingerprint density at radius 1 is 0.611 bits per heavy atom. The Morgan fingerprint density at radius 2 is 1.06 bits per heavy atom. The number of hydrogen-bond acceptors (Lipinski definition) is 4. The second-order valence-electron chi connectivity index (χ2n) is 5.01. The summed E-state index contributed by atoms with van der Waals surface area (Å²) in [6.07, 6.45) is 1.30. The topological polar surface area (TPSA) is 21.8 Å². The van der Waals surface area contributed by atoms with Gasteiger partial charge in [-0.1, -0.05) is 13.8 Å². The van der Waals surface area contributed by atoms with Crippen LogP contribution in [-0.2, 0) is 0 Å². The van der Waals surface area contributed by atoms with Gasteiger partial charge in [-0.05, 0) is 40.7 Å². The van der Waals surface area contributed by atoms with Crippen LogP contribution >= 0.6 is 0 Å². The minimum atomic E-state index is 1.16. The molecule has 0 aliphatic carbocycles. The molecule has 0 bridgehead atoms. The van der Waals surface area contributed by atoms with Crippen LogP contribution in [0.4, 0.5) is 0 Å². The maximum absolute atomic E-state index is 3.34. The van der Waals surface area contributed by atoms with Crippen molar-refractivity contribution in [1.29, 1.82) is 0 Å². The molecule has 0 aromatic rings. The zero-order chi connectivity index (χ0) is 13.8. The van der Waals surface area contributed by atoms with Gasteiger partial charge in [0.25, 0.3) is 0 Å². The van der Waals surface area contributed by atoms with Crippen molar-refractivity contribution in [3.63, 3.8) is 0 Å². The van der Waals surface area contributed by atoms with E-state index in [0.29, 0.717) is 0 Å². The van der Waals surface area contributed by atoms with Crippen molar-refractivity contribution in [2.75, 3.05) is 73.5 Å². The Kier molecular flexibility index (Phi) is 11.8. The van der Waals surface area contributed by atoms with E-state index < -0.39 is 0 Å². The molecule has 0 spiro atoms. The predicted octanol–water partition coefficient (Wildman–Crippen LogP) is 0.801. The molecule has 110 valence electrons. The van der Waals surface area contributed by atoms with E-state index in [9.17, 15) is 0 Å². The van der Waals surface area contributed by atoms with Crippen LogP contribution in [0.25, 0.3) is 0 Å². The van der Waals surface area contributed by atoms with Crippen LogP contribution < -0.4 is 5.32 Å². The summed E-state index contributed by atoms with van der Waals surface area (Å²) in [6, 6.07) is 0. The van der Waals surface area contributed by atoms with Gasteiger partial charge in [-0.2, -0.15) is 0 Å². The molecule has 2 aliphatic heterocycles. The summed E-state index contributed by atoms with van der Waals surface area (Å²) < 4.78 is 0. The molecule has 4 heteroatoms. The molecule has 2 rings (SSSR count). The SMILES string of the molecule is CC.CN1CCCNCC1.CN1CCN(C)CC1. The highest BCUT2D eigenvalue weighted by Gasteiger charge is 2.07. The van der Waals surface area contributed by atoms with Crippen molar-refractivity contribution in [3.8, 4) is 0 Å². The molecule has 0 saturated carbocycles. The molecule has 2 heterocycles. The maximum Gasteiger partial charge on any atom is 0.0107 e. The third-order valence-corrected chi connectivity index (χ3v) is 3.29. The van der Waals surface area contributed by atoms with E-state index in [0.717, 1.165) is 6.54 Å². The van der Waals surface area contributed by atoms with Crippen LogP contribution in [0.2, 0.25) is 0 Å². The number of hydrogen-bond donors (Lipinski definition) is 1. The molecule has 18 heavy (non-hydrogen) atoms. The van der Waals surface area contributed by atoms with E-state index in [4.69, 9.17) is 0 Å². The van der Waals surface area contributed by atoms with Crippen molar-refractivity contribution in [2.24, 2.45) is 0 Å². The Balaban J connectivity index is 0.000000283. The van der Waals surface area contributed by atoms with Gasteiger partial charge in [0.1, 0.15) is 0 Å². The lowest BCUT2D eigenvalue weighted by Crippen LogP contribution is -2.42. The van der Waals surface area contributed by atoms with E-state index in [2.05, 4.69) is 41.2 Å². The minimum Gasteiger partial charge on any atom is -0.315 e. The lowest BCUT2D eigenvalue weighted by molar-refractivity contribution is 0.181. The fourth-order valence-electron chi connectivity index (χ4n) is 1.89. The van der Waals surface area contributed by atoms with E-state index >= 15 is 0 Å². The third kappa shape index (κ3) is 9.83. The lowest BCUT2D eigenvalue weighted by Gasteiger charge is -2.28. The first-order valence-corrected chi connectivity index (χ1v) is 7.45. The highest BCUT2D eigenvalue weighted by Crippen LogP contribution is 1.93. The monoisotopic (exact) mass is 258 g/mol. The predicted molar refractivity (Wildman–Crippen MR) is 81.3 cm³/mol. The van der Waals surface area contributed by atoms with Crippen molar-refractivity contribution < 1.29 is 0 Å². The van der Waals surface area contributed by atoms with E-state index in [1.165, 1.54) is 52.2 Å². The average molecular weight is 258 g/mol. The first kappa shape index (κ1) is 17.8. The fraction of sp³-hybridized carbons (Fsp3) is 1.00. The molecule has 0 aromatic carbocycles. The number of rotatable bonds is 0. The number of nitrogens with one attached hydrogen (secondary N) is 1. The van der Waals surface area contributed by atoms with Gasteiger partial charge < -0.3 is 20.0 Å². The second-order valence-corrected chi connectivity index (χ2v) is 5.01. The summed E-state index contributed by atoms with van der Waals surface area (Å²) in [5.41, 5.74) is 0. The second kappa shape index (κ2) is 11.9. The first-order valence-electron chi connectivity index (χ1n) is 7.45. The van der Waals surface area contributed by atoms with Crippen molar-refractivity contribution in [1.82, 2.24) is 20.0 Å². The van der Waals surface area contributed by atoms with Gasteiger partial charge in [-0.15, -0.1) is 0 Å². The molecule has 0 atom stereocenters. The summed E-state index contributed by atoms with van der Waals surface area (Å²) in [7, 11) is 6.52. The Bertz CT molecular complexity index is 149. The summed E-state index contributed by atoms with van der Waals surface area (Å²) >= 11 is 0. The standard InChI is InChI=1S/2C6H14N2.C2H6/c1-7-3-5-8(2)6-4-7;1-8-5-2-3-7-4-6-8;1-2/h3-6H2,1-2H3;7H,2-6H2,1H3;1-2H3. The number of nitrogens with zero attached hydrogens (tertiary/aromatic N) is 3. The maximum atomic E-state index is 3.34. The van der Waals surface area contributed by atoms with Gasteiger partial charge in [-0.3, -0.25) is 0 Å². The van der Waals surface area contributed by atoms with Gasteiger partial charge in [0.2, 0.25) is 0 Å². The van der Waals surface area contributed by atoms with Gasteiger partial charge in [0.05, 0.1) is 0 Å². The van der Waals surface area contributed by atoms with Crippen molar-refractivity contribution in [2.45, 2.75) is 20.3 Å².